The van der Waals surface area contributed by atoms with Gasteiger partial charge in [0.2, 0.25) is 15.9 Å². The van der Waals surface area contributed by atoms with Crippen molar-refractivity contribution in [2.45, 2.75) is 37.1 Å². The maximum atomic E-state index is 13.0. The highest BCUT2D eigenvalue weighted by molar-refractivity contribution is 7.89. The Bertz CT molecular complexity index is 805. The van der Waals surface area contributed by atoms with E-state index in [2.05, 4.69) is 0 Å². The largest absolute Gasteiger partial charge is 0.490 e. The van der Waals surface area contributed by atoms with E-state index in [0.717, 1.165) is 0 Å². The van der Waals surface area contributed by atoms with Crippen LogP contribution in [0.4, 0.5) is 0 Å². The second-order valence-corrected chi connectivity index (χ2v) is 8.76. The van der Waals surface area contributed by atoms with Crippen LogP contribution >= 0.6 is 12.4 Å². The highest BCUT2D eigenvalue weighted by Gasteiger charge is 2.48. The summed E-state index contributed by atoms with van der Waals surface area (Å²) in [5.74, 6) is 0.860. The molecule has 0 atom stereocenters. The summed E-state index contributed by atoms with van der Waals surface area (Å²) in [6.45, 7) is 5.77. The Morgan fingerprint density at radius 2 is 1.64 bits per heavy atom. The molecule has 0 spiro atoms. The number of sulfonamides is 1. The van der Waals surface area contributed by atoms with Gasteiger partial charge in [0, 0.05) is 32.2 Å². The number of benzene rings is 1. The molecule has 2 fully saturated rings. The van der Waals surface area contributed by atoms with E-state index in [-0.39, 0.29) is 36.3 Å². The highest BCUT2D eigenvalue weighted by Crippen LogP contribution is 2.35. The van der Waals surface area contributed by atoms with Gasteiger partial charge in [-0.05, 0) is 38.8 Å². The molecule has 0 bridgehead atoms. The fourth-order valence-electron chi connectivity index (χ4n) is 3.14. The first-order valence-corrected chi connectivity index (χ1v) is 10.7. The van der Waals surface area contributed by atoms with Crippen LogP contribution in [-0.2, 0) is 14.8 Å². The number of hydrogen-bond acceptors (Lipinski definition) is 6. The lowest BCUT2D eigenvalue weighted by Crippen LogP contribution is -2.55. The summed E-state index contributed by atoms with van der Waals surface area (Å²) in [6.07, 6.45) is 1.41. The van der Waals surface area contributed by atoms with Gasteiger partial charge in [-0.25, -0.2) is 8.42 Å². The molecule has 0 radical (unpaired) electrons. The molecule has 0 unspecified atom stereocenters. The van der Waals surface area contributed by atoms with Crippen LogP contribution in [0.5, 0.6) is 11.5 Å². The number of carbonyl (C=O) groups excluding carboxylic acids is 1. The van der Waals surface area contributed by atoms with Crippen LogP contribution in [0, 0.1) is 0 Å². The molecule has 1 aromatic carbocycles. The van der Waals surface area contributed by atoms with Gasteiger partial charge < -0.3 is 20.1 Å². The van der Waals surface area contributed by atoms with Gasteiger partial charge in [-0.3, -0.25) is 4.79 Å². The fraction of sp³-hybridized carbons (Fsp3) is 0.611. The zero-order valence-corrected chi connectivity index (χ0v) is 17.9. The first-order chi connectivity index (χ1) is 12.8. The van der Waals surface area contributed by atoms with Crippen molar-refractivity contribution in [2.75, 3.05) is 39.4 Å². The molecule has 8 nitrogen and oxygen atoms in total. The molecular weight excluding hydrogens is 406 g/mol. The van der Waals surface area contributed by atoms with Crippen molar-refractivity contribution in [1.82, 2.24) is 9.21 Å². The van der Waals surface area contributed by atoms with E-state index in [4.69, 9.17) is 15.2 Å². The minimum absolute atomic E-state index is 0. The monoisotopic (exact) mass is 433 g/mol. The van der Waals surface area contributed by atoms with Crippen LogP contribution in [0.25, 0.3) is 0 Å². The number of amides is 1. The zero-order valence-electron chi connectivity index (χ0n) is 16.2. The van der Waals surface area contributed by atoms with Gasteiger partial charge in [0.25, 0.3) is 0 Å². The molecule has 1 aliphatic heterocycles. The zero-order chi connectivity index (χ0) is 19.7. The molecule has 2 aliphatic rings. The maximum Gasteiger partial charge on any atom is 0.243 e. The molecule has 3 rings (SSSR count). The Kier molecular flexibility index (Phi) is 7.19. The van der Waals surface area contributed by atoms with Crippen molar-refractivity contribution in [1.29, 1.82) is 0 Å². The van der Waals surface area contributed by atoms with Crippen molar-refractivity contribution >= 4 is 28.3 Å². The van der Waals surface area contributed by atoms with Crippen LogP contribution in [0.3, 0.4) is 0 Å². The lowest BCUT2D eigenvalue weighted by atomic mass is 10.2. The summed E-state index contributed by atoms with van der Waals surface area (Å²) in [5.41, 5.74) is 5.25. The third kappa shape index (κ3) is 4.53. The predicted molar refractivity (Wildman–Crippen MR) is 108 cm³/mol. The lowest BCUT2D eigenvalue weighted by molar-refractivity contribution is -0.134. The number of carbonyl (C=O) groups is 1. The second-order valence-electron chi connectivity index (χ2n) is 6.83. The Morgan fingerprint density at radius 1 is 1.07 bits per heavy atom. The molecule has 1 amide bonds. The van der Waals surface area contributed by atoms with E-state index >= 15 is 0 Å². The minimum atomic E-state index is -3.67. The van der Waals surface area contributed by atoms with Crippen molar-refractivity contribution in [2.24, 2.45) is 5.73 Å². The molecule has 28 heavy (non-hydrogen) atoms. The number of halogens is 1. The molecule has 1 aromatic rings. The molecule has 158 valence electrons. The second kappa shape index (κ2) is 8.86. The SMILES string of the molecule is CCOc1ccc(S(=O)(=O)N2CCN(C(=O)C3(N)CC3)CC2)cc1OCC.Cl. The summed E-state index contributed by atoms with van der Waals surface area (Å²) < 4.78 is 38.4. The quantitative estimate of drug-likeness (QED) is 0.693. The fourth-order valence-corrected chi connectivity index (χ4v) is 4.57. The topological polar surface area (TPSA) is 102 Å². The van der Waals surface area contributed by atoms with Crippen LogP contribution in [0.2, 0.25) is 0 Å². The van der Waals surface area contributed by atoms with Gasteiger partial charge in [0.15, 0.2) is 11.5 Å². The highest BCUT2D eigenvalue weighted by atomic mass is 35.5. The van der Waals surface area contributed by atoms with E-state index in [9.17, 15) is 13.2 Å². The minimum Gasteiger partial charge on any atom is -0.490 e. The Hall–Kier alpha value is -1.55. The van der Waals surface area contributed by atoms with Gasteiger partial charge in [-0.1, -0.05) is 0 Å². The molecule has 1 heterocycles. The first kappa shape index (κ1) is 22.7. The molecule has 10 heteroatoms. The summed E-state index contributed by atoms with van der Waals surface area (Å²) >= 11 is 0. The average Bonchev–Trinajstić information content (AvgIpc) is 3.41. The van der Waals surface area contributed by atoms with Crippen LogP contribution < -0.4 is 15.2 Å². The predicted octanol–water partition coefficient (Wildman–Crippen LogP) is 1.23. The van der Waals surface area contributed by atoms with Gasteiger partial charge in [0.05, 0.1) is 23.6 Å². The molecule has 1 saturated carbocycles. The van der Waals surface area contributed by atoms with Gasteiger partial charge in [-0.15, -0.1) is 12.4 Å². The van der Waals surface area contributed by atoms with Gasteiger partial charge in [0.1, 0.15) is 0 Å². The van der Waals surface area contributed by atoms with E-state index in [1.807, 2.05) is 13.8 Å². The summed E-state index contributed by atoms with van der Waals surface area (Å²) in [6, 6.07) is 4.65. The maximum absolute atomic E-state index is 13.0. The molecule has 2 N–H and O–H groups in total. The van der Waals surface area contributed by atoms with Crippen LogP contribution in [0.1, 0.15) is 26.7 Å². The van der Waals surface area contributed by atoms with Gasteiger partial charge in [-0.2, -0.15) is 4.31 Å². The third-order valence-electron chi connectivity index (χ3n) is 4.89. The van der Waals surface area contributed by atoms with E-state index < -0.39 is 15.6 Å². The average molecular weight is 434 g/mol. The van der Waals surface area contributed by atoms with Crippen molar-refractivity contribution < 1.29 is 22.7 Å². The number of piperazine rings is 1. The van der Waals surface area contributed by atoms with Crippen molar-refractivity contribution in [3.63, 3.8) is 0 Å². The number of rotatable bonds is 7. The first-order valence-electron chi connectivity index (χ1n) is 9.30. The number of nitrogens with two attached hydrogens (primary N) is 1. The van der Waals surface area contributed by atoms with E-state index in [0.29, 0.717) is 50.6 Å². The Morgan fingerprint density at radius 3 is 2.18 bits per heavy atom. The Labute approximate surface area is 172 Å². The summed E-state index contributed by atoms with van der Waals surface area (Å²) in [4.78, 5) is 14.2. The van der Waals surface area contributed by atoms with Gasteiger partial charge >= 0.3 is 0 Å². The molecule has 1 saturated heterocycles. The normalized spacial score (nSPS) is 18.9. The smallest absolute Gasteiger partial charge is 0.243 e. The van der Waals surface area contributed by atoms with Crippen LogP contribution in [0.15, 0.2) is 23.1 Å². The summed E-state index contributed by atoms with van der Waals surface area (Å²) in [7, 11) is -3.67. The lowest BCUT2D eigenvalue weighted by Gasteiger charge is -2.35. The summed E-state index contributed by atoms with van der Waals surface area (Å²) in [5, 5.41) is 0. The number of ether oxygens (including phenoxy) is 2. The number of nitrogens with zero attached hydrogens (tertiary/aromatic N) is 2. The standard InChI is InChI=1S/C18H27N3O5S.ClH/c1-3-25-15-6-5-14(13-16(15)26-4-2)27(23,24)21-11-9-20(10-12-21)17(22)18(19)7-8-18;/h5-6,13H,3-4,7-12,19H2,1-2H3;1H. The third-order valence-corrected chi connectivity index (χ3v) is 6.79. The Balaban J connectivity index is 0.00000280. The van der Waals surface area contributed by atoms with Crippen molar-refractivity contribution in [3.05, 3.63) is 18.2 Å². The molecular formula is C18H28ClN3O5S. The number of hydrogen-bond donors (Lipinski definition) is 1. The van der Waals surface area contributed by atoms with E-state index in [1.54, 1.807) is 11.0 Å². The van der Waals surface area contributed by atoms with Crippen LogP contribution in [-0.4, -0.2) is 68.5 Å². The molecule has 0 aromatic heterocycles. The van der Waals surface area contributed by atoms with E-state index in [1.165, 1.54) is 16.4 Å². The van der Waals surface area contributed by atoms with Crippen molar-refractivity contribution in [3.8, 4) is 11.5 Å². The molecule has 1 aliphatic carbocycles.